The van der Waals surface area contributed by atoms with Crippen LogP contribution in [0.15, 0.2) is 54.6 Å². The third-order valence-electron chi connectivity index (χ3n) is 4.76. The van der Waals surface area contributed by atoms with Crippen molar-refractivity contribution in [2.75, 3.05) is 18.5 Å². The van der Waals surface area contributed by atoms with E-state index in [1.807, 2.05) is 0 Å². The van der Waals surface area contributed by atoms with Crippen LogP contribution in [0.1, 0.15) is 21.5 Å². The smallest absolute Gasteiger partial charge is 0.343 e. The van der Waals surface area contributed by atoms with Crippen LogP contribution in [-0.4, -0.2) is 41.9 Å². The maximum atomic E-state index is 12.7. The number of anilines is 1. The molecule has 186 valence electrons. The minimum absolute atomic E-state index is 0. The summed E-state index contributed by atoms with van der Waals surface area (Å²) in [7, 11) is 0. The SMILES string of the molecule is Cl.Cl.N=C(NCCO)Nc1ccc(C(=O)Oc2ccc3cc(C(=N)N)ccc3c2CC(N)=O)cc1. The van der Waals surface area contributed by atoms with Gasteiger partial charge in [0.1, 0.15) is 11.6 Å². The van der Waals surface area contributed by atoms with E-state index in [4.69, 9.17) is 32.1 Å². The molecule has 0 aromatic heterocycles. The van der Waals surface area contributed by atoms with E-state index in [0.717, 1.165) is 5.39 Å². The Morgan fingerprint density at radius 1 is 0.943 bits per heavy atom. The van der Waals surface area contributed by atoms with Crippen LogP contribution in [-0.2, 0) is 11.2 Å². The van der Waals surface area contributed by atoms with Crippen LogP contribution in [0.2, 0.25) is 0 Å². The molecule has 0 aliphatic heterocycles. The first-order chi connectivity index (χ1) is 15.8. The topological polar surface area (TPSA) is 187 Å². The third kappa shape index (κ3) is 7.57. The molecule has 0 atom stereocenters. The van der Waals surface area contributed by atoms with Gasteiger partial charge >= 0.3 is 5.97 Å². The van der Waals surface area contributed by atoms with E-state index in [9.17, 15) is 9.59 Å². The fraction of sp³-hybridized carbons (Fsp3) is 0.130. The Hall–Kier alpha value is -3.86. The van der Waals surface area contributed by atoms with Crippen molar-refractivity contribution in [1.29, 1.82) is 10.8 Å². The number of halogens is 2. The zero-order chi connectivity index (χ0) is 24.0. The molecule has 3 rings (SSSR count). The van der Waals surface area contributed by atoms with Crippen molar-refractivity contribution in [3.8, 4) is 5.75 Å². The number of aliphatic hydroxyl groups is 1. The first-order valence-electron chi connectivity index (χ1n) is 9.99. The highest BCUT2D eigenvalue weighted by atomic mass is 35.5. The van der Waals surface area contributed by atoms with Gasteiger partial charge in [-0.1, -0.05) is 18.2 Å². The van der Waals surface area contributed by atoms with Gasteiger partial charge in [-0.15, -0.1) is 24.8 Å². The van der Waals surface area contributed by atoms with Crippen molar-refractivity contribution in [1.82, 2.24) is 5.32 Å². The van der Waals surface area contributed by atoms with Gasteiger partial charge in [-0.25, -0.2) is 4.79 Å². The molecule has 0 heterocycles. The van der Waals surface area contributed by atoms with Crippen LogP contribution in [0.25, 0.3) is 10.8 Å². The first kappa shape index (κ1) is 29.2. The van der Waals surface area contributed by atoms with E-state index >= 15 is 0 Å². The Labute approximate surface area is 213 Å². The fourth-order valence-electron chi connectivity index (χ4n) is 3.21. The summed E-state index contributed by atoms with van der Waals surface area (Å²) in [6.07, 6.45) is -0.134. The predicted molar refractivity (Wildman–Crippen MR) is 140 cm³/mol. The second kappa shape index (κ2) is 13.1. The minimum Gasteiger partial charge on any atom is -0.423 e. The van der Waals surface area contributed by atoms with Gasteiger partial charge in [0.25, 0.3) is 0 Å². The lowest BCUT2D eigenvalue weighted by Gasteiger charge is -2.14. The molecule has 0 aliphatic carbocycles. The number of nitrogens with two attached hydrogens (primary N) is 2. The molecule has 9 N–H and O–H groups in total. The fourth-order valence-corrected chi connectivity index (χ4v) is 3.21. The summed E-state index contributed by atoms with van der Waals surface area (Å²) in [5, 5.41) is 30.9. The molecule has 0 spiro atoms. The Balaban J connectivity index is 0.00000306. The largest absolute Gasteiger partial charge is 0.423 e. The number of nitrogens with one attached hydrogen (secondary N) is 4. The van der Waals surface area contributed by atoms with Crippen molar-refractivity contribution in [2.45, 2.75) is 6.42 Å². The normalized spacial score (nSPS) is 9.86. The molecule has 12 heteroatoms. The number of esters is 1. The number of ether oxygens (including phenoxy) is 1. The van der Waals surface area contributed by atoms with Gasteiger partial charge in [-0.2, -0.15) is 0 Å². The summed E-state index contributed by atoms with van der Waals surface area (Å²) in [4.78, 5) is 24.4. The molecule has 0 unspecified atom stereocenters. The number of carbonyl (C=O) groups excluding carboxylic acids is 2. The number of rotatable bonds is 8. The van der Waals surface area contributed by atoms with Gasteiger partial charge in [0.15, 0.2) is 5.96 Å². The van der Waals surface area contributed by atoms with E-state index in [1.54, 1.807) is 42.5 Å². The van der Waals surface area contributed by atoms with Crippen molar-refractivity contribution in [3.05, 3.63) is 71.3 Å². The molecule has 10 nitrogen and oxygen atoms in total. The number of hydrogen-bond acceptors (Lipinski definition) is 6. The number of hydrogen-bond donors (Lipinski definition) is 7. The average Bonchev–Trinajstić information content (AvgIpc) is 2.79. The summed E-state index contributed by atoms with van der Waals surface area (Å²) in [5.41, 5.74) is 12.8. The number of nitrogen functional groups attached to an aromatic ring is 1. The first-order valence-corrected chi connectivity index (χ1v) is 9.99. The summed E-state index contributed by atoms with van der Waals surface area (Å²) in [5.74, 6) is -1.07. The Morgan fingerprint density at radius 2 is 1.60 bits per heavy atom. The van der Waals surface area contributed by atoms with Crippen molar-refractivity contribution in [3.63, 3.8) is 0 Å². The molecule has 0 saturated heterocycles. The molecule has 1 amide bonds. The molecule has 0 saturated carbocycles. The van der Waals surface area contributed by atoms with Gasteiger partial charge in [0.2, 0.25) is 5.91 Å². The molecule has 0 radical (unpaired) electrons. The van der Waals surface area contributed by atoms with E-state index < -0.39 is 11.9 Å². The number of aliphatic hydroxyl groups excluding tert-OH is 1. The summed E-state index contributed by atoms with van der Waals surface area (Å²) < 4.78 is 5.58. The molecule has 35 heavy (non-hydrogen) atoms. The van der Waals surface area contributed by atoms with Crippen molar-refractivity contribution in [2.24, 2.45) is 11.5 Å². The average molecular weight is 521 g/mol. The number of fused-ring (bicyclic) bond motifs is 1. The number of guanidine groups is 1. The van der Waals surface area contributed by atoms with Crippen molar-refractivity contribution < 1.29 is 19.4 Å². The van der Waals surface area contributed by atoms with E-state index in [1.165, 1.54) is 12.1 Å². The molecule has 3 aromatic rings. The maximum Gasteiger partial charge on any atom is 0.343 e. The maximum absolute atomic E-state index is 12.7. The summed E-state index contributed by atoms with van der Waals surface area (Å²) in [6.45, 7) is 0.144. The van der Waals surface area contributed by atoms with E-state index in [0.29, 0.717) is 22.2 Å². The summed E-state index contributed by atoms with van der Waals surface area (Å²) in [6, 6.07) is 14.7. The highest BCUT2D eigenvalue weighted by molar-refractivity contribution is 6.01. The summed E-state index contributed by atoms with van der Waals surface area (Å²) >= 11 is 0. The standard InChI is InChI=1S/C23H24N6O4.2ClH/c24-20(31)12-18-17-7-3-15(21(25)26)11-14(17)4-8-19(18)33-22(32)13-1-5-16(6-2-13)29-23(27)28-9-10-30;;/h1-8,11,30H,9-10,12H2,(H2,24,31)(H3,25,26)(H3,27,28,29);2*1H. The quantitative estimate of drug-likeness (QED) is 0.102. The van der Waals surface area contributed by atoms with Crippen LogP contribution >= 0.6 is 24.8 Å². The number of amides is 1. The van der Waals surface area contributed by atoms with E-state index in [2.05, 4.69) is 10.6 Å². The van der Waals surface area contributed by atoms with Crippen LogP contribution in [0.4, 0.5) is 5.69 Å². The zero-order valence-corrected chi connectivity index (χ0v) is 20.1. The van der Waals surface area contributed by atoms with Crippen molar-refractivity contribution >= 4 is 64.9 Å². The van der Waals surface area contributed by atoms with Crippen LogP contribution in [0, 0.1) is 10.8 Å². The van der Waals surface area contributed by atoms with Gasteiger partial charge in [-0.3, -0.25) is 15.6 Å². The molecule has 0 bridgehead atoms. The van der Waals surface area contributed by atoms with E-state index in [-0.39, 0.29) is 67.5 Å². The van der Waals surface area contributed by atoms with Gasteiger partial charge < -0.3 is 31.9 Å². The van der Waals surface area contributed by atoms with Gasteiger partial charge in [0.05, 0.1) is 18.6 Å². The van der Waals surface area contributed by atoms with Crippen LogP contribution in [0.3, 0.4) is 0 Å². The highest BCUT2D eigenvalue weighted by Crippen LogP contribution is 2.30. The molecule has 0 fully saturated rings. The number of amidine groups is 1. The Kier molecular flexibility index (Phi) is 10.9. The van der Waals surface area contributed by atoms with Crippen LogP contribution in [0.5, 0.6) is 5.75 Å². The molecular formula is C23H26Cl2N6O4. The second-order valence-electron chi connectivity index (χ2n) is 7.15. The lowest BCUT2D eigenvalue weighted by atomic mass is 9.98. The Bertz CT molecular complexity index is 1230. The highest BCUT2D eigenvalue weighted by Gasteiger charge is 2.16. The molecule has 0 aliphatic rings. The van der Waals surface area contributed by atoms with Gasteiger partial charge in [-0.05, 0) is 47.2 Å². The number of benzene rings is 3. The minimum atomic E-state index is -0.625. The molecule has 3 aromatic carbocycles. The van der Waals surface area contributed by atoms with Gasteiger partial charge in [0, 0.05) is 23.4 Å². The Morgan fingerprint density at radius 3 is 2.20 bits per heavy atom. The lowest BCUT2D eigenvalue weighted by molar-refractivity contribution is -0.117. The predicted octanol–water partition coefficient (Wildman–Crippen LogP) is 2.14. The zero-order valence-electron chi connectivity index (χ0n) is 18.5. The monoisotopic (exact) mass is 520 g/mol. The third-order valence-corrected chi connectivity index (χ3v) is 4.76. The lowest BCUT2D eigenvalue weighted by Crippen LogP contribution is -2.31. The number of primary amides is 1. The second-order valence-corrected chi connectivity index (χ2v) is 7.15. The van der Waals surface area contributed by atoms with Crippen LogP contribution < -0.4 is 26.8 Å². The number of carbonyl (C=O) groups is 2. The molecular weight excluding hydrogens is 495 g/mol.